The fourth-order valence-electron chi connectivity index (χ4n) is 2.95. The van der Waals surface area contributed by atoms with E-state index < -0.39 is 9.84 Å². The van der Waals surface area contributed by atoms with Crippen LogP contribution in [0.3, 0.4) is 0 Å². The number of fused-ring (bicyclic) bond motifs is 1. The molecule has 0 amide bonds. The average molecular weight is 267 g/mol. The van der Waals surface area contributed by atoms with E-state index >= 15 is 0 Å². The third-order valence-electron chi connectivity index (χ3n) is 3.74. The first-order valence-electron chi connectivity index (χ1n) is 6.44. The van der Waals surface area contributed by atoms with Gasteiger partial charge in [0.2, 0.25) is 0 Å². The quantitative estimate of drug-likeness (QED) is 0.887. The highest BCUT2D eigenvalue weighted by Crippen LogP contribution is 2.38. The van der Waals surface area contributed by atoms with Crippen molar-refractivity contribution in [1.29, 1.82) is 0 Å². The van der Waals surface area contributed by atoms with E-state index in [0.29, 0.717) is 17.7 Å². The van der Waals surface area contributed by atoms with E-state index in [1.165, 1.54) is 17.4 Å². The molecule has 0 fully saturated rings. The second-order valence-electron chi connectivity index (χ2n) is 5.20. The lowest BCUT2D eigenvalue weighted by Crippen LogP contribution is -2.22. The third-order valence-corrected chi connectivity index (χ3v) is 4.77. The molecule has 0 aromatic heterocycles. The minimum atomic E-state index is -2.83. The van der Waals surface area contributed by atoms with Crippen LogP contribution in [-0.2, 0) is 16.3 Å². The molecule has 100 valence electrons. The van der Waals surface area contributed by atoms with Crippen LogP contribution < -0.4 is 5.32 Å². The number of hydrogen-bond donors (Lipinski definition) is 1. The molecule has 0 spiro atoms. The molecule has 0 radical (unpaired) electrons. The molecule has 0 heterocycles. The van der Waals surface area contributed by atoms with Gasteiger partial charge in [0, 0.05) is 18.1 Å². The molecular formula is C14H21NO2S. The third kappa shape index (κ3) is 3.12. The van der Waals surface area contributed by atoms with E-state index in [4.69, 9.17) is 0 Å². The summed E-state index contributed by atoms with van der Waals surface area (Å²) in [6.45, 7) is 0. The number of rotatable bonds is 5. The minimum Gasteiger partial charge on any atom is -0.313 e. The maximum Gasteiger partial charge on any atom is 0.147 e. The van der Waals surface area contributed by atoms with Gasteiger partial charge in [-0.05, 0) is 43.4 Å². The lowest BCUT2D eigenvalue weighted by molar-refractivity contribution is 0.384. The van der Waals surface area contributed by atoms with E-state index in [0.717, 1.165) is 19.3 Å². The Bertz CT molecular complexity index is 510. The first-order valence-corrected chi connectivity index (χ1v) is 8.50. The molecule has 0 aliphatic heterocycles. The highest BCUT2D eigenvalue weighted by atomic mass is 32.2. The van der Waals surface area contributed by atoms with Crippen LogP contribution in [0.2, 0.25) is 0 Å². The fourth-order valence-corrected chi connectivity index (χ4v) is 3.64. The van der Waals surface area contributed by atoms with Gasteiger partial charge in [-0.3, -0.25) is 0 Å². The van der Waals surface area contributed by atoms with Crippen LogP contribution in [0.25, 0.3) is 0 Å². The second-order valence-corrected chi connectivity index (χ2v) is 7.46. The largest absolute Gasteiger partial charge is 0.313 e. The van der Waals surface area contributed by atoms with Crippen LogP contribution >= 0.6 is 0 Å². The van der Waals surface area contributed by atoms with Gasteiger partial charge in [-0.25, -0.2) is 8.42 Å². The molecule has 0 saturated carbocycles. The molecule has 1 aliphatic carbocycles. The van der Waals surface area contributed by atoms with Crippen molar-refractivity contribution in [2.45, 2.75) is 25.3 Å². The average Bonchev–Trinajstić information content (AvgIpc) is 2.64. The molecule has 1 aliphatic rings. The lowest BCUT2D eigenvalue weighted by atomic mass is 9.96. The van der Waals surface area contributed by atoms with Crippen molar-refractivity contribution in [3.63, 3.8) is 0 Å². The summed E-state index contributed by atoms with van der Waals surface area (Å²) in [5.41, 5.74) is 2.78. The highest BCUT2D eigenvalue weighted by molar-refractivity contribution is 7.90. The zero-order valence-corrected chi connectivity index (χ0v) is 11.8. The molecule has 3 nitrogen and oxygen atoms in total. The van der Waals surface area contributed by atoms with Crippen LogP contribution in [0.4, 0.5) is 0 Å². The van der Waals surface area contributed by atoms with Crippen molar-refractivity contribution in [3.05, 3.63) is 35.4 Å². The number of hydrogen-bond acceptors (Lipinski definition) is 3. The summed E-state index contributed by atoms with van der Waals surface area (Å²) in [7, 11) is -0.845. The molecule has 1 N–H and O–H groups in total. The Kier molecular flexibility index (Phi) is 4.07. The van der Waals surface area contributed by atoms with E-state index in [-0.39, 0.29) is 0 Å². The summed E-state index contributed by atoms with van der Waals surface area (Å²) in [4.78, 5) is 0. The Morgan fingerprint density at radius 2 is 2.06 bits per heavy atom. The Hall–Kier alpha value is -0.870. The van der Waals surface area contributed by atoms with Gasteiger partial charge in [-0.15, -0.1) is 0 Å². The molecule has 0 bridgehead atoms. The molecule has 4 heteroatoms. The lowest BCUT2D eigenvalue weighted by Gasteiger charge is -2.19. The van der Waals surface area contributed by atoms with Crippen molar-refractivity contribution < 1.29 is 8.42 Å². The summed E-state index contributed by atoms with van der Waals surface area (Å²) in [5.74, 6) is 0.824. The standard InChI is InChI=1S/C14H21NO2S/c1-15-14-12(7-5-9-18(2,16)17)10-11-6-3-4-8-13(11)14/h3-4,6,8,12,14-15H,5,7,9-10H2,1-2H3. The zero-order valence-electron chi connectivity index (χ0n) is 11.0. The van der Waals surface area contributed by atoms with Crippen molar-refractivity contribution in [3.8, 4) is 0 Å². The molecule has 18 heavy (non-hydrogen) atoms. The van der Waals surface area contributed by atoms with Gasteiger partial charge in [-0.1, -0.05) is 24.3 Å². The predicted molar refractivity (Wildman–Crippen MR) is 74.4 cm³/mol. The summed E-state index contributed by atoms with van der Waals surface area (Å²) < 4.78 is 22.3. The molecular weight excluding hydrogens is 246 g/mol. The van der Waals surface area contributed by atoms with Gasteiger partial charge < -0.3 is 5.32 Å². The maximum atomic E-state index is 11.2. The first-order chi connectivity index (χ1) is 8.51. The SMILES string of the molecule is CNC1c2ccccc2CC1CCCS(C)(=O)=O. The molecule has 2 rings (SSSR count). The van der Waals surface area contributed by atoms with Gasteiger partial charge in [0.15, 0.2) is 0 Å². The van der Waals surface area contributed by atoms with Gasteiger partial charge in [0.05, 0.1) is 0 Å². The first kappa shape index (κ1) is 13.6. The van der Waals surface area contributed by atoms with Crippen LogP contribution in [-0.4, -0.2) is 27.5 Å². The zero-order chi connectivity index (χ0) is 13.2. The van der Waals surface area contributed by atoms with Crippen molar-refractivity contribution in [2.75, 3.05) is 19.1 Å². The fraction of sp³-hybridized carbons (Fsp3) is 0.571. The van der Waals surface area contributed by atoms with Crippen molar-refractivity contribution in [1.82, 2.24) is 5.32 Å². The Morgan fingerprint density at radius 3 is 2.72 bits per heavy atom. The predicted octanol–water partition coefficient (Wildman–Crippen LogP) is 1.94. The summed E-state index contributed by atoms with van der Waals surface area (Å²) >= 11 is 0. The van der Waals surface area contributed by atoms with Crippen LogP contribution in [0.1, 0.15) is 30.0 Å². The summed E-state index contributed by atoms with van der Waals surface area (Å²) in [6.07, 6.45) is 4.10. The van der Waals surface area contributed by atoms with Gasteiger partial charge in [-0.2, -0.15) is 0 Å². The maximum absolute atomic E-state index is 11.2. The van der Waals surface area contributed by atoms with Crippen molar-refractivity contribution in [2.24, 2.45) is 5.92 Å². The topological polar surface area (TPSA) is 46.2 Å². The number of nitrogens with one attached hydrogen (secondary N) is 1. The molecule has 2 atom stereocenters. The Balaban J connectivity index is 2.00. The number of sulfone groups is 1. The monoisotopic (exact) mass is 267 g/mol. The van der Waals surface area contributed by atoms with E-state index in [1.54, 1.807) is 0 Å². The highest BCUT2D eigenvalue weighted by Gasteiger charge is 2.30. The molecule has 0 saturated heterocycles. The van der Waals surface area contributed by atoms with Crippen LogP contribution in [0.5, 0.6) is 0 Å². The number of benzene rings is 1. The van der Waals surface area contributed by atoms with Crippen molar-refractivity contribution >= 4 is 9.84 Å². The summed E-state index contributed by atoms with van der Waals surface area (Å²) in [6, 6.07) is 8.87. The molecule has 2 unspecified atom stereocenters. The van der Waals surface area contributed by atoms with E-state index in [2.05, 4.69) is 29.6 Å². The molecule has 1 aromatic carbocycles. The van der Waals surface area contributed by atoms with E-state index in [9.17, 15) is 8.42 Å². The normalized spacial score (nSPS) is 23.0. The Morgan fingerprint density at radius 1 is 1.33 bits per heavy atom. The Labute approximate surface area is 110 Å². The van der Waals surface area contributed by atoms with E-state index in [1.807, 2.05) is 7.05 Å². The second kappa shape index (κ2) is 5.41. The smallest absolute Gasteiger partial charge is 0.147 e. The van der Waals surface area contributed by atoms with Gasteiger partial charge in [0.25, 0.3) is 0 Å². The molecule has 1 aromatic rings. The van der Waals surface area contributed by atoms with Gasteiger partial charge in [0.1, 0.15) is 9.84 Å². The van der Waals surface area contributed by atoms with Gasteiger partial charge >= 0.3 is 0 Å². The minimum absolute atomic E-state index is 0.302. The van der Waals surface area contributed by atoms with Crippen LogP contribution in [0.15, 0.2) is 24.3 Å². The van der Waals surface area contributed by atoms with Crippen LogP contribution in [0, 0.1) is 5.92 Å². The summed E-state index contributed by atoms with van der Waals surface area (Å²) in [5, 5.41) is 3.37.